The van der Waals surface area contributed by atoms with Gasteiger partial charge in [-0.2, -0.15) is 4.98 Å². The van der Waals surface area contributed by atoms with Crippen LogP contribution in [0.25, 0.3) is 11.2 Å². The van der Waals surface area contributed by atoms with Crippen molar-refractivity contribution in [3.05, 3.63) is 52.4 Å². The van der Waals surface area contributed by atoms with Crippen LogP contribution in [0.3, 0.4) is 0 Å². The maximum atomic E-state index is 15.0. The zero-order chi connectivity index (χ0) is 24.5. The molecule has 2 aliphatic heterocycles. The number of benzene rings is 1. The summed E-state index contributed by atoms with van der Waals surface area (Å²) in [6.45, 7) is 0.407. The summed E-state index contributed by atoms with van der Waals surface area (Å²) in [5.41, 5.74) is 1.82. The van der Waals surface area contributed by atoms with E-state index in [0.29, 0.717) is 43.0 Å². The van der Waals surface area contributed by atoms with E-state index in [1.165, 1.54) is 11.7 Å². The number of hydrogen-bond acceptors (Lipinski definition) is 7. The van der Waals surface area contributed by atoms with Gasteiger partial charge in [-0.15, -0.1) is 0 Å². The lowest BCUT2D eigenvalue weighted by Crippen LogP contribution is -2.27. The van der Waals surface area contributed by atoms with E-state index in [0.717, 1.165) is 17.4 Å². The van der Waals surface area contributed by atoms with Crippen molar-refractivity contribution in [2.75, 3.05) is 25.2 Å². The summed E-state index contributed by atoms with van der Waals surface area (Å²) in [6, 6.07) is 8.73. The Labute approximate surface area is 200 Å². The summed E-state index contributed by atoms with van der Waals surface area (Å²) in [5.74, 6) is 0.961. The van der Waals surface area contributed by atoms with E-state index in [9.17, 15) is 18.8 Å². The predicted molar refractivity (Wildman–Crippen MR) is 126 cm³/mol. The highest BCUT2D eigenvalue weighted by Gasteiger charge is 2.32. The maximum Gasteiger partial charge on any atom is 0.270 e. The molecule has 2 aliphatic rings. The number of nitrogens with zero attached hydrogens (tertiary/aromatic N) is 4. The minimum Gasteiger partial charge on any atom is -0.486 e. The van der Waals surface area contributed by atoms with Crippen molar-refractivity contribution in [1.29, 1.82) is 0 Å². The SMILES string of the molecule is COc1ccc2ncc(=O)n(CC(F)CCC3CC(=O)N(c4ccc5c(c4)CC(=O)CO5)C3)c2n1. The number of hydrogen-bond donors (Lipinski definition) is 0. The number of halogens is 1. The molecular weight excluding hydrogens is 455 g/mol. The van der Waals surface area contributed by atoms with Crippen LogP contribution in [0.5, 0.6) is 11.6 Å². The number of ether oxygens (including phenoxy) is 2. The van der Waals surface area contributed by atoms with Gasteiger partial charge in [-0.25, -0.2) is 9.37 Å². The van der Waals surface area contributed by atoms with E-state index in [1.807, 2.05) is 12.1 Å². The predicted octanol–water partition coefficient (Wildman–Crippen LogP) is 2.48. The first-order valence-electron chi connectivity index (χ1n) is 11.5. The maximum absolute atomic E-state index is 15.0. The average molecular weight is 480 g/mol. The Hall–Kier alpha value is -3.82. The van der Waals surface area contributed by atoms with Crippen LogP contribution in [0.4, 0.5) is 10.1 Å². The number of Topliss-reactive ketones (excluding diaryl/α,β-unsaturated/α-hetero) is 1. The highest BCUT2D eigenvalue weighted by atomic mass is 19.1. The molecule has 35 heavy (non-hydrogen) atoms. The van der Waals surface area contributed by atoms with E-state index in [-0.39, 0.29) is 42.8 Å². The van der Waals surface area contributed by atoms with E-state index in [4.69, 9.17) is 9.47 Å². The van der Waals surface area contributed by atoms with E-state index in [1.54, 1.807) is 23.1 Å². The zero-order valence-corrected chi connectivity index (χ0v) is 19.3. The Morgan fingerprint density at radius 3 is 2.91 bits per heavy atom. The first kappa shape index (κ1) is 22.9. The molecule has 182 valence electrons. The average Bonchev–Trinajstić information content (AvgIpc) is 3.24. The van der Waals surface area contributed by atoms with Crippen molar-refractivity contribution in [3.63, 3.8) is 0 Å². The number of carbonyl (C=O) groups is 2. The lowest BCUT2D eigenvalue weighted by molar-refractivity contribution is -0.121. The molecule has 1 saturated heterocycles. The Kier molecular flexibility index (Phi) is 6.19. The van der Waals surface area contributed by atoms with Crippen LogP contribution in [0, 0.1) is 5.92 Å². The highest BCUT2D eigenvalue weighted by Crippen LogP contribution is 2.33. The summed E-state index contributed by atoms with van der Waals surface area (Å²) in [7, 11) is 1.47. The van der Waals surface area contributed by atoms with Crippen molar-refractivity contribution >= 4 is 28.5 Å². The summed E-state index contributed by atoms with van der Waals surface area (Å²) >= 11 is 0. The second-order valence-corrected chi connectivity index (χ2v) is 8.95. The third kappa shape index (κ3) is 4.73. The van der Waals surface area contributed by atoms with Crippen LogP contribution in [0.1, 0.15) is 24.8 Å². The molecule has 0 bridgehead atoms. The van der Waals surface area contributed by atoms with Crippen molar-refractivity contribution in [2.24, 2.45) is 5.92 Å². The Balaban J connectivity index is 1.23. The van der Waals surface area contributed by atoms with Gasteiger partial charge < -0.3 is 14.4 Å². The summed E-state index contributed by atoms with van der Waals surface area (Å²) in [4.78, 5) is 46.8. The van der Waals surface area contributed by atoms with Crippen LogP contribution in [0.2, 0.25) is 0 Å². The summed E-state index contributed by atoms with van der Waals surface area (Å²) in [5, 5.41) is 0. The number of methoxy groups -OCH3 is 1. The van der Waals surface area contributed by atoms with Crippen LogP contribution in [0.15, 0.2) is 41.3 Å². The van der Waals surface area contributed by atoms with Gasteiger partial charge in [-0.3, -0.25) is 19.0 Å². The van der Waals surface area contributed by atoms with Crippen LogP contribution in [-0.2, 0) is 22.6 Å². The number of aromatic nitrogens is 3. The molecule has 0 N–H and O–H groups in total. The molecular formula is C25H25FN4O5. The Morgan fingerprint density at radius 2 is 2.09 bits per heavy atom. The number of carbonyl (C=O) groups excluding carboxylic acids is 2. The van der Waals surface area contributed by atoms with E-state index < -0.39 is 11.7 Å². The van der Waals surface area contributed by atoms with Gasteiger partial charge >= 0.3 is 0 Å². The minimum atomic E-state index is -1.29. The number of pyridine rings is 1. The zero-order valence-electron chi connectivity index (χ0n) is 19.3. The molecule has 0 saturated carbocycles. The third-order valence-electron chi connectivity index (χ3n) is 6.48. The molecule has 0 radical (unpaired) electrons. The summed E-state index contributed by atoms with van der Waals surface area (Å²) < 4.78 is 26.8. The molecule has 10 heteroatoms. The van der Waals surface area contributed by atoms with Gasteiger partial charge in [0.25, 0.3) is 5.56 Å². The van der Waals surface area contributed by atoms with E-state index >= 15 is 0 Å². The Bertz CT molecular complexity index is 1360. The molecule has 1 amide bonds. The van der Waals surface area contributed by atoms with Gasteiger partial charge in [0.15, 0.2) is 11.4 Å². The largest absolute Gasteiger partial charge is 0.486 e. The quantitative estimate of drug-likeness (QED) is 0.512. The lowest BCUT2D eigenvalue weighted by Gasteiger charge is -2.21. The molecule has 2 aromatic heterocycles. The summed E-state index contributed by atoms with van der Waals surface area (Å²) in [6.07, 6.45) is 1.21. The fourth-order valence-electron chi connectivity index (χ4n) is 4.68. The van der Waals surface area contributed by atoms with Gasteiger partial charge in [-0.1, -0.05) is 0 Å². The number of amides is 1. The highest BCUT2D eigenvalue weighted by molar-refractivity contribution is 5.96. The minimum absolute atomic E-state index is 0.00112. The van der Waals surface area contributed by atoms with Gasteiger partial charge in [-0.05, 0) is 43.0 Å². The van der Waals surface area contributed by atoms with Crippen molar-refractivity contribution in [3.8, 4) is 11.6 Å². The molecule has 3 aromatic rings. The molecule has 9 nitrogen and oxygen atoms in total. The fraction of sp³-hybridized carbons (Fsp3) is 0.400. The van der Waals surface area contributed by atoms with Crippen molar-refractivity contribution < 1.29 is 23.5 Å². The third-order valence-corrected chi connectivity index (χ3v) is 6.48. The van der Waals surface area contributed by atoms with E-state index in [2.05, 4.69) is 9.97 Å². The molecule has 1 fully saturated rings. The molecule has 1 aromatic carbocycles. The monoisotopic (exact) mass is 480 g/mol. The molecule has 2 unspecified atom stereocenters. The second-order valence-electron chi connectivity index (χ2n) is 8.95. The van der Waals surface area contributed by atoms with Gasteiger partial charge in [0.05, 0.1) is 19.9 Å². The second kappa shape index (κ2) is 9.44. The molecule has 5 rings (SSSR count). The van der Waals surface area contributed by atoms with Gasteiger partial charge in [0.2, 0.25) is 11.8 Å². The van der Waals surface area contributed by atoms with Crippen LogP contribution < -0.4 is 19.9 Å². The number of fused-ring (bicyclic) bond motifs is 2. The number of rotatable bonds is 7. The van der Waals surface area contributed by atoms with Crippen molar-refractivity contribution in [2.45, 2.75) is 38.4 Å². The smallest absolute Gasteiger partial charge is 0.270 e. The normalized spacial score (nSPS) is 18.5. The van der Waals surface area contributed by atoms with Crippen LogP contribution >= 0.6 is 0 Å². The fourth-order valence-corrected chi connectivity index (χ4v) is 4.68. The van der Waals surface area contributed by atoms with Gasteiger partial charge in [0.1, 0.15) is 24.0 Å². The molecule has 4 heterocycles. The first-order valence-corrected chi connectivity index (χ1v) is 11.5. The van der Waals surface area contributed by atoms with Crippen LogP contribution in [-0.4, -0.2) is 52.7 Å². The number of ketones is 1. The number of anilines is 1. The lowest BCUT2D eigenvalue weighted by atomic mass is 10.0. The standard InChI is InChI=1S/C25H25FN4O5/c1-34-22-7-5-20-25(28-22)30(24(33)11-27-20)13-17(26)3-2-15-8-23(32)29(12-15)18-4-6-21-16(9-18)10-19(31)14-35-21/h4-7,9,11,15,17H,2-3,8,10,12-14H2,1H3. The van der Waals surface area contributed by atoms with Crippen molar-refractivity contribution in [1.82, 2.24) is 14.5 Å². The molecule has 0 aliphatic carbocycles. The molecule has 2 atom stereocenters. The van der Waals surface area contributed by atoms with Gasteiger partial charge in [0, 0.05) is 36.7 Å². The number of alkyl halides is 1. The topological polar surface area (TPSA) is 104 Å². The first-order chi connectivity index (χ1) is 16.9. The molecule has 0 spiro atoms. The Morgan fingerprint density at radius 1 is 1.23 bits per heavy atom.